The minimum Gasteiger partial charge on any atom is -0.302 e. The van der Waals surface area contributed by atoms with Crippen molar-refractivity contribution in [3.8, 4) is 0 Å². The van der Waals surface area contributed by atoms with E-state index in [1.807, 2.05) is 0 Å². The highest BCUT2D eigenvalue weighted by atomic mass is 15.2. The Labute approximate surface area is 152 Å². The molecule has 0 N–H and O–H groups in total. The summed E-state index contributed by atoms with van der Waals surface area (Å²) in [6.07, 6.45) is 5.16. The highest BCUT2D eigenvalue weighted by Crippen LogP contribution is 2.39. The highest BCUT2D eigenvalue weighted by Gasteiger charge is 2.42. The van der Waals surface area contributed by atoms with Crippen LogP contribution in [0.2, 0.25) is 0 Å². The van der Waals surface area contributed by atoms with Crippen LogP contribution in [0.5, 0.6) is 0 Å². The zero-order valence-corrected chi connectivity index (χ0v) is 15.2. The minimum absolute atomic E-state index is 0.577. The van der Waals surface area contributed by atoms with Crippen LogP contribution in [-0.2, 0) is 12.8 Å². The van der Waals surface area contributed by atoms with Crippen LogP contribution in [0, 0.1) is 5.41 Å². The molecular weight excluding hydrogens is 304 g/mol. The lowest BCUT2D eigenvalue weighted by Crippen LogP contribution is -2.32. The number of hydrogen-bond acceptors (Lipinski definition) is 2. The van der Waals surface area contributed by atoms with E-state index in [1.165, 1.54) is 76.1 Å². The second-order valence-corrected chi connectivity index (χ2v) is 8.02. The Bertz CT molecular complexity index is 593. The summed E-state index contributed by atoms with van der Waals surface area (Å²) < 4.78 is 0. The van der Waals surface area contributed by atoms with Gasteiger partial charge in [0.1, 0.15) is 0 Å². The Morgan fingerprint density at radius 2 is 1.08 bits per heavy atom. The van der Waals surface area contributed by atoms with Gasteiger partial charge in [0.2, 0.25) is 0 Å². The van der Waals surface area contributed by atoms with Crippen LogP contribution in [0.1, 0.15) is 24.0 Å². The quantitative estimate of drug-likeness (QED) is 0.791. The lowest BCUT2D eigenvalue weighted by atomic mass is 9.86. The molecule has 2 saturated heterocycles. The Morgan fingerprint density at radius 3 is 1.52 bits per heavy atom. The lowest BCUT2D eigenvalue weighted by Gasteiger charge is -2.25. The molecule has 0 amide bonds. The topological polar surface area (TPSA) is 6.48 Å². The van der Waals surface area contributed by atoms with Crippen LogP contribution in [0.4, 0.5) is 0 Å². The molecule has 0 aromatic heterocycles. The van der Waals surface area contributed by atoms with Gasteiger partial charge in [-0.3, -0.25) is 0 Å². The van der Waals surface area contributed by atoms with Gasteiger partial charge in [0, 0.05) is 26.2 Å². The number of rotatable bonds is 6. The van der Waals surface area contributed by atoms with Crippen molar-refractivity contribution in [1.29, 1.82) is 0 Å². The first-order chi connectivity index (χ1) is 12.3. The van der Waals surface area contributed by atoms with Crippen molar-refractivity contribution in [1.82, 2.24) is 9.80 Å². The smallest absolute Gasteiger partial charge is 0.00513 e. The fourth-order valence-corrected chi connectivity index (χ4v) is 4.63. The summed E-state index contributed by atoms with van der Waals surface area (Å²) in [5.74, 6) is 0. The largest absolute Gasteiger partial charge is 0.302 e. The molecule has 2 aliphatic rings. The summed E-state index contributed by atoms with van der Waals surface area (Å²) in [6, 6.07) is 21.9. The predicted molar refractivity (Wildman–Crippen MR) is 105 cm³/mol. The molecule has 4 rings (SSSR count). The Morgan fingerprint density at radius 1 is 0.640 bits per heavy atom. The standard InChI is InChI=1S/C23H30N2/c1-3-7-21(8-4-1)11-15-24-17-13-23(19-24)14-18-25(20-23)16-12-22-9-5-2-6-10-22/h1-10H,11-20H2. The molecule has 132 valence electrons. The Hall–Kier alpha value is -1.64. The first kappa shape index (κ1) is 16.8. The summed E-state index contributed by atoms with van der Waals surface area (Å²) >= 11 is 0. The zero-order valence-electron chi connectivity index (χ0n) is 15.2. The van der Waals surface area contributed by atoms with E-state index in [0.29, 0.717) is 5.41 Å². The van der Waals surface area contributed by atoms with Crippen LogP contribution in [0.25, 0.3) is 0 Å². The van der Waals surface area contributed by atoms with E-state index < -0.39 is 0 Å². The van der Waals surface area contributed by atoms with Gasteiger partial charge in [-0.15, -0.1) is 0 Å². The molecular formula is C23H30N2. The zero-order chi connectivity index (χ0) is 17.0. The summed E-state index contributed by atoms with van der Waals surface area (Å²) in [4.78, 5) is 5.40. The summed E-state index contributed by atoms with van der Waals surface area (Å²) in [7, 11) is 0. The molecule has 2 heteroatoms. The molecule has 2 heterocycles. The highest BCUT2D eigenvalue weighted by molar-refractivity contribution is 5.16. The third-order valence-corrected chi connectivity index (χ3v) is 6.15. The number of benzene rings is 2. The third-order valence-electron chi connectivity index (χ3n) is 6.15. The van der Waals surface area contributed by atoms with Gasteiger partial charge in [0.05, 0.1) is 0 Å². The van der Waals surface area contributed by atoms with Crippen LogP contribution in [0.15, 0.2) is 60.7 Å². The van der Waals surface area contributed by atoms with Crippen LogP contribution < -0.4 is 0 Å². The molecule has 2 nitrogen and oxygen atoms in total. The fraction of sp³-hybridized carbons (Fsp3) is 0.478. The maximum Gasteiger partial charge on any atom is 0.00513 e. The van der Waals surface area contributed by atoms with E-state index in [1.54, 1.807) is 0 Å². The van der Waals surface area contributed by atoms with Crippen molar-refractivity contribution in [3.05, 3.63) is 71.8 Å². The van der Waals surface area contributed by atoms with Gasteiger partial charge in [0.15, 0.2) is 0 Å². The van der Waals surface area contributed by atoms with Crippen molar-refractivity contribution in [2.75, 3.05) is 39.3 Å². The van der Waals surface area contributed by atoms with Crippen molar-refractivity contribution in [2.45, 2.75) is 25.7 Å². The van der Waals surface area contributed by atoms with E-state index >= 15 is 0 Å². The molecule has 2 aromatic rings. The molecule has 2 fully saturated rings. The molecule has 0 unspecified atom stereocenters. The van der Waals surface area contributed by atoms with Crippen molar-refractivity contribution < 1.29 is 0 Å². The van der Waals surface area contributed by atoms with E-state index in [4.69, 9.17) is 0 Å². The summed E-state index contributed by atoms with van der Waals surface area (Å²) in [6.45, 7) is 7.63. The van der Waals surface area contributed by atoms with Crippen molar-refractivity contribution >= 4 is 0 Å². The van der Waals surface area contributed by atoms with Crippen LogP contribution >= 0.6 is 0 Å². The predicted octanol–water partition coefficient (Wildman–Crippen LogP) is 3.87. The molecule has 0 saturated carbocycles. The van der Waals surface area contributed by atoms with E-state index in [-0.39, 0.29) is 0 Å². The molecule has 0 aliphatic carbocycles. The average Bonchev–Trinajstić information content (AvgIpc) is 3.26. The molecule has 2 aromatic carbocycles. The first-order valence-electron chi connectivity index (χ1n) is 9.84. The van der Waals surface area contributed by atoms with Gasteiger partial charge >= 0.3 is 0 Å². The average molecular weight is 335 g/mol. The van der Waals surface area contributed by atoms with Crippen LogP contribution in [0.3, 0.4) is 0 Å². The normalized spacial score (nSPS) is 20.5. The fourth-order valence-electron chi connectivity index (χ4n) is 4.63. The van der Waals surface area contributed by atoms with Gasteiger partial charge in [-0.25, -0.2) is 0 Å². The third kappa shape index (κ3) is 4.31. The molecule has 1 spiro atoms. The second kappa shape index (κ2) is 7.72. The van der Waals surface area contributed by atoms with E-state index in [9.17, 15) is 0 Å². The van der Waals surface area contributed by atoms with Gasteiger partial charge in [-0.2, -0.15) is 0 Å². The maximum atomic E-state index is 2.70. The first-order valence-corrected chi connectivity index (χ1v) is 9.84. The number of hydrogen-bond donors (Lipinski definition) is 0. The van der Waals surface area contributed by atoms with E-state index in [2.05, 4.69) is 70.5 Å². The number of likely N-dealkylation sites (tertiary alicyclic amines) is 2. The SMILES string of the molecule is c1ccc(CCN2CCC3(CCN(CCc4ccccc4)C3)C2)cc1. The molecule has 0 radical (unpaired) electrons. The minimum atomic E-state index is 0.577. The summed E-state index contributed by atoms with van der Waals surface area (Å²) in [5.41, 5.74) is 3.52. The molecule has 0 bridgehead atoms. The monoisotopic (exact) mass is 334 g/mol. The number of nitrogens with zero attached hydrogens (tertiary/aromatic N) is 2. The van der Waals surface area contributed by atoms with Gasteiger partial charge in [-0.1, -0.05) is 60.7 Å². The Kier molecular flexibility index (Phi) is 5.19. The molecule has 0 atom stereocenters. The molecule has 2 aliphatic heterocycles. The lowest BCUT2D eigenvalue weighted by molar-refractivity contribution is 0.243. The van der Waals surface area contributed by atoms with E-state index in [0.717, 1.165) is 0 Å². The van der Waals surface area contributed by atoms with Gasteiger partial charge in [-0.05, 0) is 55.3 Å². The van der Waals surface area contributed by atoms with Crippen LogP contribution in [-0.4, -0.2) is 49.1 Å². The Balaban J connectivity index is 1.24. The van der Waals surface area contributed by atoms with Gasteiger partial charge in [0.25, 0.3) is 0 Å². The maximum absolute atomic E-state index is 2.70. The van der Waals surface area contributed by atoms with Crippen molar-refractivity contribution in [3.63, 3.8) is 0 Å². The van der Waals surface area contributed by atoms with Crippen molar-refractivity contribution in [2.24, 2.45) is 5.41 Å². The second-order valence-electron chi connectivity index (χ2n) is 8.02. The molecule has 25 heavy (non-hydrogen) atoms. The van der Waals surface area contributed by atoms with Gasteiger partial charge < -0.3 is 9.80 Å². The summed E-state index contributed by atoms with van der Waals surface area (Å²) in [5, 5.41) is 0.